The summed E-state index contributed by atoms with van der Waals surface area (Å²) in [6.45, 7) is 0. The molecule has 0 bridgehead atoms. The van der Waals surface area contributed by atoms with E-state index in [1.807, 2.05) is 18.2 Å². The van der Waals surface area contributed by atoms with Crippen LogP contribution in [0.5, 0.6) is 0 Å². The summed E-state index contributed by atoms with van der Waals surface area (Å²) in [6.07, 6.45) is 3.35. The van der Waals surface area contributed by atoms with Crippen LogP contribution < -0.4 is 0 Å². The van der Waals surface area contributed by atoms with Gasteiger partial charge in [0.05, 0.1) is 0 Å². The second-order valence-electron chi connectivity index (χ2n) is 2.84. The molecule has 0 atom stereocenters. The first kappa shape index (κ1) is 10.7. The van der Waals surface area contributed by atoms with Crippen molar-refractivity contribution in [3.8, 4) is 0 Å². The van der Waals surface area contributed by atoms with Crippen LogP contribution in [-0.4, -0.2) is 6.29 Å². The Kier molecular flexibility index (Phi) is 4.46. The zero-order valence-corrected chi connectivity index (χ0v) is 9.44. The second-order valence-corrected chi connectivity index (χ2v) is 4.19. The van der Waals surface area contributed by atoms with Crippen molar-refractivity contribution in [3.63, 3.8) is 0 Å². The molecule has 0 unspecified atom stereocenters. The van der Waals surface area contributed by atoms with E-state index in [-0.39, 0.29) is 0 Å². The van der Waals surface area contributed by atoms with Crippen molar-refractivity contribution in [3.05, 3.63) is 33.3 Å². The van der Waals surface area contributed by atoms with E-state index in [0.29, 0.717) is 6.42 Å². The van der Waals surface area contributed by atoms with E-state index in [1.54, 1.807) is 0 Å². The van der Waals surface area contributed by atoms with Gasteiger partial charge in [-0.2, -0.15) is 0 Å². The molecular formula is C10H10BrClO. The van der Waals surface area contributed by atoms with Crippen LogP contribution >= 0.6 is 27.5 Å². The van der Waals surface area contributed by atoms with Crippen LogP contribution in [0, 0.1) is 0 Å². The molecule has 0 aliphatic rings. The van der Waals surface area contributed by atoms with Crippen molar-refractivity contribution in [1.29, 1.82) is 0 Å². The lowest BCUT2D eigenvalue weighted by Gasteiger charge is -2.01. The number of aldehydes is 1. The van der Waals surface area contributed by atoms with E-state index >= 15 is 0 Å². The quantitative estimate of drug-likeness (QED) is 0.597. The minimum Gasteiger partial charge on any atom is -0.303 e. The van der Waals surface area contributed by atoms with Gasteiger partial charge in [-0.3, -0.25) is 0 Å². The smallest absolute Gasteiger partial charge is 0.120 e. The highest BCUT2D eigenvalue weighted by atomic mass is 79.9. The van der Waals surface area contributed by atoms with E-state index in [2.05, 4.69) is 15.9 Å². The highest BCUT2D eigenvalue weighted by molar-refractivity contribution is 9.10. The summed E-state index contributed by atoms with van der Waals surface area (Å²) in [5, 5.41) is 0.732. The number of carbonyl (C=O) groups is 1. The van der Waals surface area contributed by atoms with Gasteiger partial charge in [-0.25, -0.2) is 0 Å². The number of benzene rings is 1. The van der Waals surface area contributed by atoms with Crippen LogP contribution in [0.1, 0.15) is 18.4 Å². The lowest BCUT2D eigenvalue weighted by atomic mass is 10.1. The van der Waals surface area contributed by atoms with Crippen molar-refractivity contribution in [1.82, 2.24) is 0 Å². The standard InChI is InChI=1S/C10H10BrClO/c11-9-5-8(3-1-2-4-13)6-10(12)7-9/h4-7H,1-3H2. The molecule has 0 aliphatic carbocycles. The minimum absolute atomic E-state index is 0.615. The first-order chi connectivity index (χ1) is 6.22. The molecule has 0 heterocycles. The van der Waals surface area contributed by atoms with E-state index < -0.39 is 0 Å². The van der Waals surface area contributed by atoms with Gasteiger partial charge in [0.15, 0.2) is 0 Å². The number of hydrogen-bond donors (Lipinski definition) is 0. The summed E-state index contributed by atoms with van der Waals surface area (Å²) in [6, 6.07) is 5.80. The molecule has 3 heteroatoms. The third-order valence-electron chi connectivity index (χ3n) is 1.71. The molecule has 1 nitrogen and oxygen atoms in total. The molecule has 0 fully saturated rings. The average molecular weight is 262 g/mol. The highest BCUT2D eigenvalue weighted by Gasteiger charge is 1.97. The largest absolute Gasteiger partial charge is 0.303 e. The second kappa shape index (κ2) is 5.40. The van der Waals surface area contributed by atoms with Gasteiger partial charge in [-0.05, 0) is 36.6 Å². The zero-order chi connectivity index (χ0) is 9.68. The van der Waals surface area contributed by atoms with Crippen molar-refractivity contribution >= 4 is 33.8 Å². The van der Waals surface area contributed by atoms with Gasteiger partial charge in [0.25, 0.3) is 0 Å². The van der Waals surface area contributed by atoms with Gasteiger partial charge in [0, 0.05) is 15.9 Å². The van der Waals surface area contributed by atoms with Gasteiger partial charge in [0.1, 0.15) is 6.29 Å². The number of unbranched alkanes of at least 4 members (excludes halogenated alkanes) is 1. The van der Waals surface area contributed by atoms with Crippen molar-refractivity contribution in [2.45, 2.75) is 19.3 Å². The normalized spacial score (nSPS) is 10.0. The van der Waals surface area contributed by atoms with E-state index in [4.69, 9.17) is 11.6 Å². The summed E-state index contributed by atoms with van der Waals surface area (Å²) in [5.41, 5.74) is 1.17. The number of hydrogen-bond acceptors (Lipinski definition) is 1. The molecule has 1 aromatic rings. The molecule has 70 valence electrons. The van der Waals surface area contributed by atoms with Crippen LogP contribution in [0.2, 0.25) is 5.02 Å². The monoisotopic (exact) mass is 260 g/mol. The molecule has 1 rings (SSSR count). The molecule has 0 saturated heterocycles. The Morgan fingerprint density at radius 2 is 2.15 bits per heavy atom. The molecule has 0 spiro atoms. The number of rotatable bonds is 4. The number of halogens is 2. The van der Waals surface area contributed by atoms with Crippen LogP contribution in [0.4, 0.5) is 0 Å². The third-order valence-corrected chi connectivity index (χ3v) is 2.39. The van der Waals surface area contributed by atoms with Crippen LogP contribution in [-0.2, 0) is 11.2 Å². The first-order valence-electron chi connectivity index (χ1n) is 4.11. The summed E-state index contributed by atoms with van der Waals surface area (Å²) >= 11 is 9.23. The molecule has 0 saturated carbocycles. The maximum absolute atomic E-state index is 10.1. The Hall–Kier alpha value is -0.340. The molecule has 13 heavy (non-hydrogen) atoms. The Morgan fingerprint density at radius 3 is 2.77 bits per heavy atom. The molecule has 0 aliphatic heterocycles. The third kappa shape index (κ3) is 3.92. The Bertz CT molecular complexity index is 279. The lowest BCUT2D eigenvalue weighted by molar-refractivity contribution is -0.107. The first-order valence-corrected chi connectivity index (χ1v) is 5.28. The van der Waals surface area contributed by atoms with Crippen LogP contribution in [0.25, 0.3) is 0 Å². The molecular weight excluding hydrogens is 251 g/mol. The average Bonchev–Trinajstić information content (AvgIpc) is 2.03. The Labute approximate surface area is 91.2 Å². The predicted molar refractivity (Wildman–Crippen MR) is 58.2 cm³/mol. The maximum atomic E-state index is 10.1. The van der Waals surface area contributed by atoms with E-state index in [1.165, 1.54) is 5.56 Å². The van der Waals surface area contributed by atoms with Crippen molar-refractivity contribution in [2.24, 2.45) is 0 Å². The van der Waals surface area contributed by atoms with Gasteiger partial charge >= 0.3 is 0 Å². The SMILES string of the molecule is O=CCCCc1cc(Cl)cc(Br)c1. The van der Waals surface area contributed by atoms with Gasteiger partial charge in [-0.15, -0.1) is 0 Å². The minimum atomic E-state index is 0.615. The van der Waals surface area contributed by atoms with E-state index in [0.717, 1.165) is 28.6 Å². The van der Waals surface area contributed by atoms with Crippen LogP contribution in [0.3, 0.4) is 0 Å². The molecule has 0 radical (unpaired) electrons. The zero-order valence-electron chi connectivity index (χ0n) is 7.09. The summed E-state index contributed by atoms with van der Waals surface area (Å²) in [5.74, 6) is 0. The highest BCUT2D eigenvalue weighted by Crippen LogP contribution is 2.20. The molecule has 1 aromatic carbocycles. The predicted octanol–water partition coefficient (Wildman–Crippen LogP) is 3.62. The molecule has 0 amide bonds. The van der Waals surface area contributed by atoms with Crippen LogP contribution in [0.15, 0.2) is 22.7 Å². The topological polar surface area (TPSA) is 17.1 Å². The Balaban J connectivity index is 2.60. The van der Waals surface area contributed by atoms with Gasteiger partial charge in [0.2, 0.25) is 0 Å². The number of carbonyl (C=O) groups excluding carboxylic acids is 1. The van der Waals surface area contributed by atoms with Crippen molar-refractivity contribution in [2.75, 3.05) is 0 Å². The summed E-state index contributed by atoms with van der Waals surface area (Å²) < 4.78 is 0.987. The molecule has 0 N–H and O–H groups in total. The summed E-state index contributed by atoms with van der Waals surface area (Å²) in [7, 11) is 0. The fourth-order valence-electron chi connectivity index (χ4n) is 1.14. The summed E-state index contributed by atoms with van der Waals surface area (Å²) in [4.78, 5) is 10.1. The maximum Gasteiger partial charge on any atom is 0.120 e. The molecule has 0 aromatic heterocycles. The van der Waals surface area contributed by atoms with E-state index in [9.17, 15) is 4.79 Å². The fraction of sp³-hybridized carbons (Fsp3) is 0.300. The van der Waals surface area contributed by atoms with Gasteiger partial charge in [-0.1, -0.05) is 27.5 Å². The lowest BCUT2D eigenvalue weighted by Crippen LogP contribution is -1.86. The Morgan fingerprint density at radius 1 is 1.38 bits per heavy atom. The van der Waals surface area contributed by atoms with Crippen molar-refractivity contribution < 1.29 is 4.79 Å². The van der Waals surface area contributed by atoms with Gasteiger partial charge < -0.3 is 4.79 Å². The fourth-order valence-corrected chi connectivity index (χ4v) is 2.07. The number of aryl methyl sites for hydroxylation is 1.